The number of rotatable bonds is 3. The highest BCUT2D eigenvalue weighted by molar-refractivity contribution is 4.78. The summed E-state index contributed by atoms with van der Waals surface area (Å²) < 4.78 is 0. The molecular formula is C11H24N2. The van der Waals surface area contributed by atoms with Crippen LogP contribution in [0.5, 0.6) is 0 Å². The normalized spacial score (nSPS) is 32.1. The zero-order valence-corrected chi connectivity index (χ0v) is 9.29. The number of nitrogens with two attached hydrogens (primary N) is 1. The predicted octanol–water partition coefficient (Wildman–Crippen LogP) is 1.84. The average Bonchev–Trinajstić information content (AvgIpc) is 2.03. The second kappa shape index (κ2) is 4.97. The van der Waals surface area contributed by atoms with Gasteiger partial charge in [-0.3, -0.25) is 0 Å². The fourth-order valence-corrected chi connectivity index (χ4v) is 2.41. The minimum absolute atomic E-state index is 0.308. The molecule has 3 atom stereocenters. The van der Waals surface area contributed by atoms with Gasteiger partial charge in [-0.1, -0.05) is 19.8 Å². The quantitative estimate of drug-likeness (QED) is 0.725. The van der Waals surface area contributed by atoms with E-state index in [2.05, 4.69) is 25.8 Å². The molecule has 0 amide bonds. The first-order chi connectivity index (χ1) is 6.09. The van der Waals surface area contributed by atoms with Crippen molar-refractivity contribution in [2.45, 2.75) is 51.6 Å². The lowest BCUT2D eigenvalue weighted by atomic mass is 9.86. The van der Waals surface area contributed by atoms with Gasteiger partial charge in [-0.05, 0) is 32.7 Å². The molecule has 1 saturated carbocycles. The van der Waals surface area contributed by atoms with E-state index in [0.717, 1.165) is 18.5 Å². The van der Waals surface area contributed by atoms with Crippen LogP contribution in [0.3, 0.4) is 0 Å². The summed E-state index contributed by atoms with van der Waals surface area (Å²) >= 11 is 0. The molecule has 1 aliphatic rings. The molecule has 0 aromatic heterocycles. The lowest BCUT2D eigenvalue weighted by Crippen LogP contribution is -2.41. The van der Waals surface area contributed by atoms with Crippen LogP contribution in [0.4, 0.5) is 0 Å². The third-order valence-electron chi connectivity index (χ3n) is 3.11. The molecule has 0 spiro atoms. The SMILES string of the molecule is CC1CCCC(N(C)C[C@H](C)N)C1. The fourth-order valence-electron chi connectivity index (χ4n) is 2.41. The molecule has 1 aliphatic carbocycles. The smallest absolute Gasteiger partial charge is 0.0139 e. The molecule has 13 heavy (non-hydrogen) atoms. The van der Waals surface area contributed by atoms with Gasteiger partial charge in [-0.15, -0.1) is 0 Å². The molecule has 0 heterocycles. The van der Waals surface area contributed by atoms with E-state index < -0.39 is 0 Å². The van der Waals surface area contributed by atoms with Crippen molar-refractivity contribution in [1.82, 2.24) is 4.90 Å². The predicted molar refractivity (Wildman–Crippen MR) is 57.7 cm³/mol. The Morgan fingerprint density at radius 1 is 1.46 bits per heavy atom. The van der Waals surface area contributed by atoms with E-state index in [1.54, 1.807) is 0 Å². The Morgan fingerprint density at radius 3 is 2.69 bits per heavy atom. The van der Waals surface area contributed by atoms with E-state index in [-0.39, 0.29) is 0 Å². The maximum Gasteiger partial charge on any atom is 0.0139 e. The van der Waals surface area contributed by atoms with Crippen molar-refractivity contribution in [1.29, 1.82) is 0 Å². The van der Waals surface area contributed by atoms with E-state index in [0.29, 0.717) is 6.04 Å². The summed E-state index contributed by atoms with van der Waals surface area (Å²) in [6.45, 7) is 5.49. The molecule has 2 N–H and O–H groups in total. The fraction of sp³-hybridized carbons (Fsp3) is 1.00. The summed E-state index contributed by atoms with van der Waals surface area (Å²) in [5, 5.41) is 0. The number of likely N-dealkylation sites (N-methyl/N-ethyl adjacent to an activating group) is 1. The minimum Gasteiger partial charge on any atom is -0.327 e. The van der Waals surface area contributed by atoms with Crippen LogP contribution in [0, 0.1) is 5.92 Å². The average molecular weight is 184 g/mol. The molecule has 0 aromatic rings. The monoisotopic (exact) mass is 184 g/mol. The van der Waals surface area contributed by atoms with Crippen LogP contribution in [0.25, 0.3) is 0 Å². The minimum atomic E-state index is 0.308. The van der Waals surface area contributed by atoms with Gasteiger partial charge in [0.2, 0.25) is 0 Å². The highest BCUT2D eigenvalue weighted by atomic mass is 15.1. The summed E-state index contributed by atoms with van der Waals surface area (Å²) in [4.78, 5) is 2.44. The van der Waals surface area contributed by atoms with Crippen LogP contribution in [-0.2, 0) is 0 Å². The van der Waals surface area contributed by atoms with E-state index in [4.69, 9.17) is 5.73 Å². The molecule has 0 radical (unpaired) electrons. The van der Waals surface area contributed by atoms with Gasteiger partial charge in [0.1, 0.15) is 0 Å². The van der Waals surface area contributed by atoms with Gasteiger partial charge in [-0.25, -0.2) is 0 Å². The summed E-state index contributed by atoms with van der Waals surface area (Å²) in [5.41, 5.74) is 5.79. The van der Waals surface area contributed by atoms with Gasteiger partial charge in [-0.2, -0.15) is 0 Å². The van der Waals surface area contributed by atoms with Crippen molar-refractivity contribution in [2.24, 2.45) is 11.7 Å². The van der Waals surface area contributed by atoms with Crippen LogP contribution in [-0.4, -0.2) is 30.6 Å². The number of hydrogen-bond donors (Lipinski definition) is 1. The Morgan fingerprint density at radius 2 is 2.15 bits per heavy atom. The second-order valence-corrected chi connectivity index (χ2v) is 4.84. The van der Waals surface area contributed by atoms with E-state index in [9.17, 15) is 0 Å². The molecule has 2 unspecified atom stereocenters. The van der Waals surface area contributed by atoms with Crippen molar-refractivity contribution in [3.8, 4) is 0 Å². The van der Waals surface area contributed by atoms with E-state index in [1.165, 1.54) is 25.7 Å². The molecule has 2 nitrogen and oxygen atoms in total. The first-order valence-corrected chi connectivity index (χ1v) is 5.55. The van der Waals surface area contributed by atoms with Crippen LogP contribution in [0.1, 0.15) is 39.5 Å². The Bertz CT molecular complexity index is 145. The van der Waals surface area contributed by atoms with E-state index >= 15 is 0 Å². The molecule has 2 heteroatoms. The topological polar surface area (TPSA) is 29.3 Å². The van der Waals surface area contributed by atoms with Gasteiger partial charge in [0.15, 0.2) is 0 Å². The van der Waals surface area contributed by atoms with E-state index in [1.807, 2.05) is 0 Å². The van der Waals surface area contributed by atoms with Crippen molar-refractivity contribution < 1.29 is 0 Å². The van der Waals surface area contributed by atoms with Crippen molar-refractivity contribution in [3.63, 3.8) is 0 Å². The lowest BCUT2D eigenvalue weighted by molar-refractivity contribution is 0.158. The Balaban J connectivity index is 2.32. The molecule has 78 valence electrons. The third kappa shape index (κ3) is 3.65. The maximum absolute atomic E-state index is 5.79. The molecular weight excluding hydrogens is 160 g/mol. The van der Waals surface area contributed by atoms with Crippen molar-refractivity contribution in [2.75, 3.05) is 13.6 Å². The highest BCUT2D eigenvalue weighted by Crippen LogP contribution is 2.26. The molecule has 0 aromatic carbocycles. The summed E-state index contributed by atoms with van der Waals surface area (Å²) in [7, 11) is 2.21. The Kier molecular flexibility index (Phi) is 4.20. The van der Waals surface area contributed by atoms with Crippen LogP contribution in [0.15, 0.2) is 0 Å². The molecule has 0 saturated heterocycles. The zero-order valence-electron chi connectivity index (χ0n) is 9.29. The highest BCUT2D eigenvalue weighted by Gasteiger charge is 2.22. The largest absolute Gasteiger partial charge is 0.327 e. The lowest BCUT2D eigenvalue weighted by Gasteiger charge is -2.34. The first kappa shape index (κ1) is 11.0. The van der Waals surface area contributed by atoms with Crippen molar-refractivity contribution in [3.05, 3.63) is 0 Å². The molecule has 1 rings (SSSR count). The van der Waals surface area contributed by atoms with Crippen LogP contribution >= 0.6 is 0 Å². The number of nitrogens with zero attached hydrogens (tertiary/aromatic N) is 1. The van der Waals surface area contributed by atoms with Gasteiger partial charge in [0.05, 0.1) is 0 Å². The maximum atomic E-state index is 5.79. The third-order valence-corrected chi connectivity index (χ3v) is 3.11. The standard InChI is InChI=1S/C11H24N2/c1-9-5-4-6-11(7-9)13(3)8-10(2)12/h9-11H,4-8,12H2,1-3H3/t9?,10-,11?/m0/s1. The molecule has 1 fully saturated rings. The van der Waals surface area contributed by atoms with Gasteiger partial charge in [0, 0.05) is 18.6 Å². The summed E-state index contributed by atoms with van der Waals surface area (Å²) in [6, 6.07) is 1.09. The van der Waals surface area contributed by atoms with Crippen molar-refractivity contribution >= 4 is 0 Å². The molecule has 0 bridgehead atoms. The Labute approximate surface area is 82.5 Å². The number of hydrogen-bond acceptors (Lipinski definition) is 2. The first-order valence-electron chi connectivity index (χ1n) is 5.55. The zero-order chi connectivity index (χ0) is 9.84. The summed E-state index contributed by atoms with van der Waals surface area (Å²) in [6.07, 6.45) is 5.55. The van der Waals surface area contributed by atoms with Gasteiger partial charge in [0.25, 0.3) is 0 Å². The summed E-state index contributed by atoms with van der Waals surface area (Å²) in [5.74, 6) is 0.911. The van der Waals surface area contributed by atoms with Crippen LogP contribution in [0.2, 0.25) is 0 Å². The van der Waals surface area contributed by atoms with Gasteiger partial charge < -0.3 is 10.6 Å². The second-order valence-electron chi connectivity index (χ2n) is 4.84. The van der Waals surface area contributed by atoms with Gasteiger partial charge >= 0.3 is 0 Å². The molecule has 0 aliphatic heterocycles. The Hall–Kier alpha value is -0.0800. The van der Waals surface area contributed by atoms with Crippen LogP contribution < -0.4 is 5.73 Å².